The maximum Gasteiger partial charge on any atom is 0.470 e. The first-order valence-electron chi connectivity index (χ1n) is 9.29. The normalized spacial score (nSPS) is 11.4. The molecular formula is C22H14F4N4O2. The maximum atomic E-state index is 14.9. The Morgan fingerprint density at radius 2 is 1.69 bits per heavy atom. The average molecular weight is 442 g/mol. The fraction of sp³-hybridized carbons (Fsp3) is 0.0909. The zero-order valence-electron chi connectivity index (χ0n) is 16.3. The molecule has 0 saturated carbocycles. The number of para-hydroxylation sites is 1. The van der Waals surface area contributed by atoms with Gasteiger partial charge in [-0.25, -0.2) is 4.39 Å². The minimum absolute atomic E-state index is 0.0130. The summed E-state index contributed by atoms with van der Waals surface area (Å²) in [5.41, 5.74) is 1.05. The number of carbonyl (C=O) groups is 1. The second-order valence-corrected chi connectivity index (χ2v) is 6.68. The molecule has 0 spiro atoms. The first-order chi connectivity index (χ1) is 15.3. The van der Waals surface area contributed by atoms with E-state index in [0.717, 1.165) is 6.07 Å². The SMILES string of the molecule is O=C(c1ccncc1)N(Cc1ccc(-c2nnc(C(F)(F)F)o2)cc1F)c1ccccc1. The number of alkyl halides is 3. The molecule has 4 rings (SSSR count). The summed E-state index contributed by atoms with van der Waals surface area (Å²) in [6, 6.07) is 15.5. The summed E-state index contributed by atoms with van der Waals surface area (Å²) in [5, 5.41) is 6.26. The molecule has 0 bridgehead atoms. The van der Waals surface area contributed by atoms with Gasteiger partial charge in [-0.1, -0.05) is 24.3 Å². The molecule has 6 nitrogen and oxygen atoms in total. The van der Waals surface area contributed by atoms with Crippen LogP contribution in [-0.2, 0) is 12.7 Å². The van der Waals surface area contributed by atoms with E-state index < -0.39 is 23.8 Å². The van der Waals surface area contributed by atoms with E-state index in [0.29, 0.717) is 11.3 Å². The topological polar surface area (TPSA) is 72.1 Å². The lowest BCUT2D eigenvalue weighted by Gasteiger charge is -2.23. The molecule has 0 N–H and O–H groups in total. The Bertz CT molecular complexity index is 1230. The van der Waals surface area contributed by atoms with Gasteiger partial charge in [0.05, 0.1) is 6.54 Å². The van der Waals surface area contributed by atoms with E-state index in [4.69, 9.17) is 0 Å². The lowest BCUT2D eigenvalue weighted by Crippen LogP contribution is -2.30. The standard InChI is InChI=1S/C22H14F4N4O2/c23-18-12-15(19-28-29-21(32-19)22(24,25)26)6-7-16(18)13-30(17-4-2-1-3-5-17)20(31)14-8-10-27-11-9-14/h1-12H,13H2. The molecule has 32 heavy (non-hydrogen) atoms. The second kappa shape index (κ2) is 8.58. The van der Waals surface area contributed by atoms with Crippen LogP contribution in [0, 0.1) is 5.82 Å². The van der Waals surface area contributed by atoms with Crippen LogP contribution in [0.15, 0.2) is 77.5 Å². The van der Waals surface area contributed by atoms with Gasteiger partial charge in [-0.15, -0.1) is 10.2 Å². The Morgan fingerprint density at radius 3 is 2.31 bits per heavy atom. The third-order valence-electron chi connectivity index (χ3n) is 4.54. The van der Waals surface area contributed by atoms with Crippen LogP contribution in [0.25, 0.3) is 11.5 Å². The Labute approximate surface area is 179 Å². The maximum absolute atomic E-state index is 14.9. The van der Waals surface area contributed by atoms with Gasteiger partial charge in [0.2, 0.25) is 5.89 Å². The molecule has 0 aliphatic carbocycles. The zero-order valence-corrected chi connectivity index (χ0v) is 16.3. The van der Waals surface area contributed by atoms with E-state index in [1.807, 2.05) is 0 Å². The minimum atomic E-state index is -4.80. The second-order valence-electron chi connectivity index (χ2n) is 6.68. The van der Waals surface area contributed by atoms with Crippen molar-refractivity contribution in [3.63, 3.8) is 0 Å². The molecule has 1 amide bonds. The molecule has 0 fully saturated rings. The van der Waals surface area contributed by atoms with E-state index in [1.165, 1.54) is 29.4 Å². The molecule has 0 unspecified atom stereocenters. The van der Waals surface area contributed by atoms with Crippen LogP contribution in [0.1, 0.15) is 21.8 Å². The monoisotopic (exact) mass is 442 g/mol. The van der Waals surface area contributed by atoms with Crippen LogP contribution < -0.4 is 4.90 Å². The molecule has 10 heteroatoms. The van der Waals surface area contributed by atoms with E-state index >= 15 is 0 Å². The Balaban J connectivity index is 1.64. The summed E-state index contributed by atoms with van der Waals surface area (Å²) in [7, 11) is 0. The highest BCUT2D eigenvalue weighted by molar-refractivity contribution is 6.05. The average Bonchev–Trinajstić information content (AvgIpc) is 3.30. The van der Waals surface area contributed by atoms with E-state index in [9.17, 15) is 22.4 Å². The van der Waals surface area contributed by atoms with Gasteiger partial charge >= 0.3 is 12.1 Å². The van der Waals surface area contributed by atoms with Crippen molar-refractivity contribution in [1.29, 1.82) is 0 Å². The quantitative estimate of drug-likeness (QED) is 0.401. The predicted octanol–water partition coefficient (Wildman–Crippen LogP) is 5.14. The van der Waals surface area contributed by atoms with Crippen molar-refractivity contribution in [1.82, 2.24) is 15.2 Å². The third-order valence-corrected chi connectivity index (χ3v) is 4.54. The molecule has 0 saturated heterocycles. The molecule has 4 aromatic rings. The van der Waals surface area contributed by atoms with Crippen molar-refractivity contribution in [2.75, 3.05) is 4.90 Å². The lowest BCUT2D eigenvalue weighted by molar-refractivity contribution is -0.156. The molecule has 2 heterocycles. The van der Waals surface area contributed by atoms with Gasteiger partial charge in [-0.05, 0) is 36.4 Å². The highest BCUT2D eigenvalue weighted by Crippen LogP contribution is 2.31. The molecule has 0 aliphatic heterocycles. The van der Waals surface area contributed by atoms with E-state index in [2.05, 4.69) is 19.6 Å². The minimum Gasteiger partial charge on any atom is -0.413 e. The Kier molecular flexibility index (Phi) is 5.67. The van der Waals surface area contributed by atoms with Gasteiger partial charge in [0.25, 0.3) is 5.91 Å². The van der Waals surface area contributed by atoms with E-state index in [-0.39, 0.29) is 23.6 Å². The van der Waals surface area contributed by atoms with Gasteiger partial charge in [0, 0.05) is 34.8 Å². The molecule has 2 aromatic heterocycles. The number of carbonyl (C=O) groups excluding carboxylic acids is 1. The molecular weight excluding hydrogens is 428 g/mol. The highest BCUT2D eigenvalue weighted by Gasteiger charge is 2.38. The molecule has 2 aromatic carbocycles. The Morgan fingerprint density at radius 1 is 0.969 bits per heavy atom. The summed E-state index contributed by atoms with van der Waals surface area (Å²) in [6.07, 6.45) is -1.84. The number of pyridine rings is 1. The first-order valence-corrected chi connectivity index (χ1v) is 9.29. The number of benzene rings is 2. The van der Waals surface area contributed by atoms with Crippen molar-refractivity contribution in [3.8, 4) is 11.5 Å². The third kappa shape index (κ3) is 4.48. The fourth-order valence-corrected chi connectivity index (χ4v) is 2.97. The molecule has 0 radical (unpaired) electrons. The number of nitrogens with zero attached hydrogens (tertiary/aromatic N) is 4. The van der Waals surface area contributed by atoms with Crippen molar-refractivity contribution >= 4 is 11.6 Å². The van der Waals surface area contributed by atoms with Crippen molar-refractivity contribution in [3.05, 3.63) is 95.9 Å². The summed E-state index contributed by atoms with van der Waals surface area (Å²) < 4.78 is 57.5. The smallest absolute Gasteiger partial charge is 0.413 e. The first kappa shape index (κ1) is 21.2. The number of hydrogen-bond donors (Lipinski definition) is 0. The molecule has 0 aliphatic rings. The number of rotatable bonds is 5. The largest absolute Gasteiger partial charge is 0.470 e. The van der Waals surface area contributed by atoms with E-state index in [1.54, 1.807) is 42.5 Å². The number of anilines is 1. The van der Waals surface area contributed by atoms with Gasteiger partial charge in [-0.2, -0.15) is 13.2 Å². The van der Waals surface area contributed by atoms with Crippen LogP contribution in [0.2, 0.25) is 0 Å². The Hall–Kier alpha value is -4.08. The van der Waals surface area contributed by atoms with Crippen LogP contribution >= 0.6 is 0 Å². The molecule has 0 atom stereocenters. The fourth-order valence-electron chi connectivity index (χ4n) is 2.97. The number of aromatic nitrogens is 3. The zero-order chi connectivity index (χ0) is 22.7. The van der Waals surface area contributed by atoms with Crippen LogP contribution in [0.3, 0.4) is 0 Å². The lowest BCUT2D eigenvalue weighted by atomic mass is 10.1. The number of halogens is 4. The van der Waals surface area contributed by atoms with Gasteiger partial charge < -0.3 is 9.32 Å². The summed E-state index contributed by atoms with van der Waals surface area (Å²) in [5.74, 6) is -3.09. The summed E-state index contributed by atoms with van der Waals surface area (Å²) in [6.45, 7) is -0.116. The summed E-state index contributed by atoms with van der Waals surface area (Å²) >= 11 is 0. The van der Waals surface area contributed by atoms with Gasteiger partial charge in [0.15, 0.2) is 0 Å². The van der Waals surface area contributed by atoms with Gasteiger partial charge in [-0.3, -0.25) is 9.78 Å². The number of amides is 1. The van der Waals surface area contributed by atoms with Crippen LogP contribution in [-0.4, -0.2) is 21.1 Å². The van der Waals surface area contributed by atoms with Crippen LogP contribution in [0.4, 0.5) is 23.2 Å². The number of hydrogen-bond acceptors (Lipinski definition) is 5. The highest BCUT2D eigenvalue weighted by atomic mass is 19.4. The summed E-state index contributed by atoms with van der Waals surface area (Å²) in [4.78, 5) is 18.4. The molecule has 162 valence electrons. The predicted molar refractivity (Wildman–Crippen MR) is 106 cm³/mol. The van der Waals surface area contributed by atoms with Crippen LogP contribution in [0.5, 0.6) is 0 Å². The van der Waals surface area contributed by atoms with Crippen molar-refractivity contribution in [2.24, 2.45) is 0 Å². The van der Waals surface area contributed by atoms with Crippen molar-refractivity contribution < 1.29 is 26.8 Å². The van der Waals surface area contributed by atoms with Crippen molar-refractivity contribution in [2.45, 2.75) is 12.7 Å². The van der Waals surface area contributed by atoms with Gasteiger partial charge in [0.1, 0.15) is 5.82 Å².